The van der Waals surface area contributed by atoms with E-state index in [2.05, 4.69) is 5.32 Å². The molecule has 0 aromatic rings. The van der Waals surface area contributed by atoms with Gasteiger partial charge < -0.3 is 15.2 Å². The topological polar surface area (TPSA) is 69.2 Å². The third-order valence-corrected chi connectivity index (χ3v) is 1.44. The number of hydrogen-bond acceptors (Lipinski definition) is 3. The Morgan fingerprint density at radius 2 is 2.00 bits per heavy atom. The summed E-state index contributed by atoms with van der Waals surface area (Å²) in [6, 6.07) is 0. The van der Waals surface area contributed by atoms with E-state index < -0.39 is 5.97 Å². The highest BCUT2D eigenvalue weighted by atomic mass is 16.4. The number of amides is 1. The van der Waals surface area contributed by atoms with E-state index in [0.717, 1.165) is 19.3 Å². The predicted molar refractivity (Wildman–Crippen MR) is 42.2 cm³/mol. The van der Waals surface area contributed by atoms with Crippen LogP contribution in [-0.2, 0) is 9.59 Å². The fourth-order valence-corrected chi connectivity index (χ4v) is 0.795. The lowest BCUT2D eigenvalue weighted by Crippen LogP contribution is -2.37. The van der Waals surface area contributed by atoms with Crippen LogP contribution in [-0.4, -0.2) is 18.4 Å². The molecule has 0 fully saturated rings. The summed E-state index contributed by atoms with van der Waals surface area (Å²) in [4.78, 5) is 20.7. The first-order chi connectivity index (χ1) is 5.66. The number of carbonyl (C=O) groups is 2. The van der Waals surface area contributed by atoms with Crippen molar-refractivity contribution in [3.63, 3.8) is 0 Å². The lowest BCUT2D eigenvalue weighted by Gasteiger charge is -2.04. The Hall–Kier alpha value is -1.06. The molecule has 0 atom stereocenters. The van der Waals surface area contributed by atoms with E-state index in [0.29, 0.717) is 6.42 Å². The molecule has 0 aliphatic carbocycles. The first kappa shape index (κ1) is 10.9. The zero-order valence-corrected chi connectivity index (χ0v) is 7.26. The molecule has 0 aromatic heterocycles. The van der Waals surface area contributed by atoms with Gasteiger partial charge in [-0.2, -0.15) is 0 Å². The van der Waals surface area contributed by atoms with Crippen molar-refractivity contribution in [2.75, 3.05) is 6.54 Å². The maximum Gasteiger partial charge on any atom is 0.220 e. The highest BCUT2D eigenvalue weighted by Gasteiger charge is 1.98. The number of hydrogen-bond donors (Lipinski definition) is 1. The average molecular weight is 172 g/mol. The molecular formula is C8H14NO3-. The third kappa shape index (κ3) is 7.05. The Morgan fingerprint density at radius 1 is 1.33 bits per heavy atom. The predicted octanol–water partition coefficient (Wildman–Crippen LogP) is -0.567. The van der Waals surface area contributed by atoms with Gasteiger partial charge in [0.25, 0.3) is 0 Å². The van der Waals surface area contributed by atoms with Gasteiger partial charge in [-0.25, -0.2) is 0 Å². The fourth-order valence-electron chi connectivity index (χ4n) is 0.795. The van der Waals surface area contributed by atoms with Crippen molar-refractivity contribution in [3.05, 3.63) is 0 Å². The Kier molecular flexibility index (Phi) is 6.05. The molecule has 0 aromatic carbocycles. The summed E-state index contributed by atoms with van der Waals surface area (Å²) in [6.45, 7) is 1.66. The highest BCUT2D eigenvalue weighted by Crippen LogP contribution is 1.97. The van der Waals surface area contributed by atoms with Crippen LogP contribution in [0.2, 0.25) is 0 Å². The van der Waals surface area contributed by atoms with E-state index in [1.165, 1.54) is 0 Å². The summed E-state index contributed by atoms with van der Waals surface area (Å²) in [5.74, 6) is -1.47. The van der Waals surface area contributed by atoms with Gasteiger partial charge >= 0.3 is 0 Å². The minimum atomic E-state index is -1.25. The monoisotopic (exact) mass is 172 g/mol. The zero-order chi connectivity index (χ0) is 9.40. The second kappa shape index (κ2) is 6.64. The molecular weight excluding hydrogens is 158 g/mol. The Morgan fingerprint density at radius 3 is 2.50 bits per heavy atom. The van der Waals surface area contributed by atoms with Gasteiger partial charge in [-0.1, -0.05) is 19.8 Å². The lowest BCUT2D eigenvalue weighted by molar-refractivity contribution is -0.304. The standard InChI is InChI=1S/C8H15NO3/c1-2-3-4-5-7(10)9-6-8(11)12/h2-6H2,1H3,(H,9,10)(H,11,12)/p-1. The van der Waals surface area contributed by atoms with Gasteiger partial charge in [0.2, 0.25) is 5.91 Å². The molecule has 70 valence electrons. The molecule has 0 heterocycles. The van der Waals surface area contributed by atoms with Gasteiger partial charge in [0.1, 0.15) is 0 Å². The smallest absolute Gasteiger partial charge is 0.220 e. The van der Waals surface area contributed by atoms with Gasteiger partial charge in [0, 0.05) is 6.42 Å². The molecule has 0 rings (SSSR count). The second-order valence-electron chi connectivity index (χ2n) is 2.61. The van der Waals surface area contributed by atoms with Gasteiger partial charge in [-0.05, 0) is 6.42 Å². The van der Waals surface area contributed by atoms with Gasteiger partial charge in [-0.15, -0.1) is 0 Å². The number of carboxylic acids is 1. The lowest BCUT2D eigenvalue weighted by atomic mass is 10.2. The van der Waals surface area contributed by atoms with Crippen molar-refractivity contribution in [3.8, 4) is 0 Å². The van der Waals surface area contributed by atoms with Crippen molar-refractivity contribution in [2.24, 2.45) is 0 Å². The van der Waals surface area contributed by atoms with Gasteiger partial charge in [-0.3, -0.25) is 4.79 Å². The summed E-state index contributed by atoms with van der Waals surface area (Å²) < 4.78 is 0. The minimum Gasteiger partial charge on any atom is -0.548 e. The van der Waals surface area contributed by atoms with Crippen LogP contribution >= 0.6 is 0 Å². The number of carbonyl (C=O) groups excluding carboxylic acids is 2. The number of carboxylic acid groups (broad SMARTS) is 1. The van der Waals surface area contributed by atoms with Crippen LogP contribution in [0.4, 0.5) is 0 Å². The largest absolute Gasteiger partial charge is 0.548 e. The van der Waals surface area contributed by atoms with Crippen LogP contribution in [0.25, 0.3) is 0 Å². The highest BCUT2D eigenvalue weighted by molar-refractivity contribution is 5.80. The van der Waals surface area contributed by atoms with Crippen molar-refractivity contribution in [1.82, 2.24) is 5.32 Å². The van der Waals surface area contributed by atoms with Gasteiger partial charge in [0.05, 0.1) is 12.5 Å². The van der Waals surface area contributed by atoms with Crippen LogP contribution in [0, 0.1) is 0 Å². The second-order valence-corrected chi connectivity index (χ2v) is 2.61. The Bertz CT molecular complexity index is 156. The minimum absolute atomic E-state index is 0.215. The molecule has 0 aliphatic heterocycles. The summed E-state index contributed by atoms with van der Waals surface area (Å²) in [7, 11) is 0. The van der Waals surface area contributed by atoms with E-state index in [4.69, 9.17) is 0 Å². The Labute approximate surface area is 72.0 Å². The zero-order valence-electron chi connectivity index (χ0n) is 7.26. The number of aliphatic carboxylic acids is 1. The quantitative estimate of drug-likeness (QED) is 0.546. The van der Waals surface area contributed by atoms with Crippen LogP contribution in [0.5, 0.6) is 0 Å². The molecule has 12 heavy (non-hydrogen) atoms. The Balaban J connectivity index is 3.28. The van der Waals surface area contributed by atoms with Crippen LogP contribution in [0.1, 0.15) is 32.6 Å². The van der Waals surface area contributed by atoms with Gasteiger partial charge in [0.15, 0.2) is 0 Å². The van der Waals surface area contributed by atoms with Crippen LogP contribution in [0.3, 0.4) is 0 Å². The van der Waals surface area contributed by atoms with E-state index in [-0.39, 0.29) is 12.5 Å². The normalized spacial score (nSPS) is 9.42. The molecule has 0 radical (unpaired) electrons. The fraction of sp³-hybridized carbons (Fsp3) is 0.750. The molecule has 0 aliphatic rings. The maximum absolute atomic E-state index is 10.8. The van der Waals surface area contributed by atoms with Crippen molar-refractivity contribution in [1.29, 1.82) is 0 Å². The molecule has 0 spiro atoms. The SMILES string of the molecule is CCCCCC(=O)NCC(=O)[O-]. The molecule has 0 bridgehead atoms. The molecule has 0 unspecified atom stereocenters. The number of unbranched alkanes of at least 4 members (excludes halogenated alkanes) is 2. The van der Waals surface area contributed by atoms with E-state index in [9.17, 15) is 14.7 Å². The molecule has 4 heteroatoms. The van der Waals surface area contributed by atoms with E-state index >= 15 is 0 Å². The molecule has 0 saturated carbocycles. The number of nitrogens with one attached hydrogen (secondary N) is 1. The first-order valence-corrected chi connectivity index (χ1v) is 4.13. The maximum atomic E-state index is 10.8. The van der Waals surface area contributed by atoms with Crippen LogP contribution in [0.15, 0.2) is 0 Å². The molecule has 0 saturated heterocycles. The van der Waals surface area contributed by atoms with Crippen molar-refractivity contribution in [2.45, 2.75) is 32.6 Å². The molecule has 1 N–H and O–H groups in total. The molecule has 4 nitrogen and oxygen atoms in total. The van der Waals surface area contributed by atoms with Crippen molar-refractivity contribution >= 4 is 11.9 Å². The van der Waals surface area contributed by atoms with E-state index in [1.54, 1.807) is 0 Å². The number of rotatable bonds is 6. The summed E-state index contributed by atoms with van der Waals surface area (Å²) in [6.07, 6.45) is 3.27. The summed E-state index contributed by atoms with van der Waals surface area (Å²) in [5, 5.41) is 12.1. The van der Waals surface area contributed by atoms with Crippen molar-refractivity contribution < 1.29 is 14.7 Å². The summed E-state index contributed by atoms with van der Waals surface area (Å²) >= 11 is 0. The van der Waals surface area contributed by atoms with Crippen LogP contribution < -0.4 is 10.4 Å². The first-order valence-electron chi connectivity index (χ1n) is 4.13. The molecule has 1 amide bonds. The van der Waals surface area contributed by atoms with E-state index in [1.807, 2.05) is 6.92 Å². The average Bonchev–Trinajstić information content (AvgIpc) is 2.01. The summed E-state index contributed by atoms with van der Waals surface area (Å²) in [5.41, 5.74) is 0. The third-order valence-electron chi connectivity index (χ3n) is 1.44.